The third-order valence-corrected chi connectivity index (χ3v) is 5.19. The Morgan fingerprint density at radius 3 is 1.59 bits per heavy atom. The van der Waals surface area contributed by atoms with E-state index in [1.165, 1.54) is 12.1 Å². The van der Waals surface area contributed by atoms with Crippen molar-refractivity contribution in [2.45, 2.75) is 20.8 Å². The normalized spacial score (nSPS) is 12.5. The molecule has 0 heterocycles. The number of phenolic OH excluding ortho intramolecular Hbond substituents is 3. The van der Waals surface area contributed by atoms with Crippen molar-refractivity contribution in [1.82, 2.24) is 0 Å². The summed E-state index contributed by atoms with van der Waals surface area (Å²) >= 11 is 0. The standard InChI is InChI=1S/C23H19NO5/c1-10-8-11(2)21(12(3)9-10)24-13-4-5-14(25)18-17(13)22(28)19-15(26)6-7-16(27)20(19)23(18)29/h4-9,24-27H,1-3H3. The summed E-state index contributed by atoms with van der Waals surface area (Å²) in [6, 6.07) is 9.14. The maximum absolute atomic E-state index is 13.2. The highest BCUT2D eigenvalue weighted by Crippen LogP contribution is 2.43. The number of hydrogen-bond acceptors (Lipinski definition) is 6. The lowest BCUT2D eigenvalue weighted by Crippen LogP contribution is -2.23. The minimum atomic E-state index is -0.721. The molecule has 4 N–H and O–H groups in total. The molecule has 0 amide bonds. The van der Waals surface area contributed by atoms with Crippen LogP contribution in [0.5, 0.6) is 17.2 Å². The number of aromatic hydroxyl groups is 3. The third-order valence-electron chi connectivity index (χ3n) is 5.19. The maximum Gasteiger partial charge on any atom is 0.202 e. The van der Waals surface area contributed by atoms with Gasteiger partial charge in [-0.2, -0.15) is 0 Å². The number of anilines is 2. The quantitative estimate of drug-likeness (QED) is 0.382. The van der Waals surface area contributed by atoms with Crippen LogP contribution >= 0.6 is 0 Å². The molecule has 146 valence electrons. The van der Waals surface area contributed by atoms with Gasteiger partial charge in [0.05, 0.1) is 27.9 Å². The Hall–Kier alpha value is -3.80. The summed E-state index contributed by atoms with van der Waals surface area (Å²) in [6.45, 7) is 5.85. The van der Waals surface area contributed by atoms with Crippen molar-refractivity contribution in [3.8, 4) is 17.2 Å². The Morgan fingerprint density at radius 1 is 0.655 bits per heavy atom. The van der Waals surface area contributed by atoms with E-state index in [2.05, 4.69) is 5.32 Å². The summed E-state index contributed by atoms with van der Waals surface area (Å²) in [5.74, 6) is -2.57. The first-order chi connectivity index (χ1) is 13.7. The molecule has 3 aromatic rings. The fourth-order valence-corrected chi connectivity index (χ4v) is 3.96. The molecule has 29 heavy (non-hydrogen) atoms. The SMILES string of the molecule is Cc1cc(C)c(Nc2ccc(O)c3c2C(=O)c2c(O)ccc(O)c2C3=O)c(C)c1. The van der Waals surface area contributed by atoms with Crippen LogP contribution in [0.4, 0.5) is 11.4 Å². The van der Waals surface area contributed by atoms with Gasteiger partial charge in [-0.1, -0.05) is 17.7 Å². The molecule has 3 aromatic carbocycles. The van der Waals surface area contributed by atoms with E-state index in [4.69, 9.17) is 0 Å². The molecular formula is C23H19NO5. The molecule has 0 aliphatic heterocycles. The van der Waals surface area contributed by atoms with Crippen LogP contribution in [0, 0.1) is 20.8 Å². The lowest BCUT2D eigenvalue weighted by atomic mass is 9.81. The zero-order valence-corrected chi connectivity index (χ0v) is 16.1. The van der Waals surface area contributed by atoms with Gasteiger partial charge in [-0.15, -0.1) is 0 Å². The van der Waals surface area contributed by atoms with Gasteiger partial charge in [0.15, 0.2) is 0 Å². The van der Waals surface area contributed by atoms with Gasteiger partial charge < -0.3 is 20.6 Å². The number of phenols is 3. The van der Waals surface area contributed by atoms with Gasteiger partial charge in [0.1, 0.15) is 17.2 Å². The lowest BCUT2D eigenvalue weighted by Gasteiger charge is -2.23. The monoisotopic (exact) mass is 389 g/mol. The smallest absolute Gasteiger partial charge is 0.202 e. The van der Waals surface area contributed by atoms with Crippen LogP contribution in [-0.2, 0) is 0 Å². The molecule has 0 radical (unpaired) electrons. The zero-order valence-electron chi connectivity index (χ0n) is 16.1. The molecule has 0 fully saturated rings. The summed E-state index contributed by atoms with van der Waals surface area (Å²) in [5, 5.41) is 33.8. The van der Waals surface area contributed by atoms with Crippen LogP contribution in [0.3, 0.4) is 0 Å². The summed E-state index contributed by atoms with van der Waals surface area (Å²) in [7, 11) is 0. The maximum atomic E-state index is 13.2. The van der Waals surface area contributed by atoms with Crippen molar-refractivity contribution >= 4 is 22.9 Å². The van der Waals surface area contributed by atoms with Crippen LogP contribution in [-0.4, -0.2) is 26.9 Å². The van der Waals surface area contributed by atoms with Crippen LogP contribution < -0.4 is 5.32 Å². The summed E-state index contributed by atoms with van der Waals surface area (Å²) in [4.78, 5) is 26.3. The van der Waals surface area contributed by atoms with Gasteiger partial charge >= 0.3 is 0 Å². The molecule has 0 saturated heterocycles. The third kappa shape index (κ3) is 2.72. The summed E-state index contributed by atoms with van der Waals surface area (Å²) in [6.07, 6.45) is 0. The number of aryl methyl sites for hydroxylation is 3. The topological polar surface area (TPSA) is 107 Å². The summed E-state index contributed by atoms with van der Waals surface area (Å²) < 4.78 is 0. The molecule has 0 spiro atoms. The molecule has 1 aliphatic rings. The molecule has 0 unspecified atom stereocenters. The Balaban J connectivity index is 1.96. The van der Waals surface area contributed by atoms with Crippen molar-refractivity contribution in [2.75, 3.05) is 5.32 Å². The van der Waals surface area contributed by atoms with Crippen molar-refractivity contribution in [2.24, 2.45) is 0 Å². The fourth-order valence-electron chi connectivity index (χ4n) is 3.96. The van der Waals surface area contributed by atoms with Crippen molar-refractivity contribution in [1.29, 1.82) is 0 Å². The van der Waals surface area contributed by atoms with E-state index in [0.717, 1.165) is 34.5 Å². The highest BCUT2D eigenvalue weighted by Gasteiger charge is 2.38. The van der Waals surface area contributed by atoms with E-state index in [-0.39, 0.29) is 28.0 Å². The van der Waals surface area contributed by atoms with E-state index in [9.17, 15) is 24.9 Å². The number of ketones is 2. The van der Waals surface area contributed by atoms with E-state index in [0.29, 0.717) is 5.69 Å². The van der Waals surface area contributed by atoms with Crippen molar-refractivity contribution in [3.05, 3.63) is 75.3 Å². The van der Waals surface area contributed by atoms with Gasteiger partial charge in [0, 0.05) is 5.69 Å². The lowest BCUT2D eigenvalue weighted by molar-refractivity contribution is 0.0972. The largest absolute Gasteiger partial charge is 0.507 e. The van der Waals surface area contributed by atoms with Crippen molar-refractivity contribution in [3.63, 3.8) is 0 Å². The number of rotatable bonds is 2. The van der Waals surface area contributed by atoms with Crippen LogP contribution in [0.15, 0.2) is 36.4 Å². The van der Waals surface area contributed by atoms with Gasteiger partial charge in [-0.3, -0.25) is 9.59 Å². The van der Waals surface area contributed by atoms with E-state index in [1.807, 2.05) is 32.9 Å². The Bertz CT molecular complexity index is 1200. The molecular weight excluding hydrogens is 370 g/mol. The van der Waals surface area contributed by atoms with Gasteiger partial charge in [-0.05, 0) is 56.2 Å². The molecule has 0 bridgehead atoms. The Morgan fingerprint density at radius 2 is 1.07 bits per heavy atom. The van der Waals surface area contributed by atoms with Crippen LogP contribution in [0.25, 0.3) is 0 Å². The second-order valence-electron chi connectivity index (χ2n) is 7.29. The summed E-state index contributed by atoms with van der Waals surface area (Å²) in [5.41, 5.74) is 3.32. The molecule has 6 heteroatoms. The Kier molecular flexibility index (Phi) is 4.08. The molecule has 6 nitrogen and oxygen atoms in total. The van der Waals surface area contributed by atoms with Gasteiger partial charge in [0.2, 0.25) is 11.6 Å². The average Bonchev–Trinajstić information content (AvgIpc) is 2.65. The predicted molar refractivity (Wildman–Crippen MR) is 109 cm³/mol. The second-order valence-corrected chi connectivity index (χ2v) is 7.29. The van der Waals surface area contributed by atoms with Crippen LogP contribution in [0.1, 0.15) is 48.5 Å². The minimum Gasteiger partial charge on any atom is -0.507 e. The first-order valence-corrected chi connectivity index (χ1v) is 9.06. The number of benzene rings is 3. The number of nitrogens with one attached hydrogen (secondary N) is 1. The molecule has 0 atom stereocenters. The van der Waals surface area contributed by atoms with Crippen LogP contribution in [0.2, 0.25) is 0 Å². The van der Waals surface area contributed by atoms with Gasteiger partial charge in [-0.25, -0.2) is 0 Å². The number of carbonyl (C=O) groups is 2. The highest BCUT2D eigenvalue weighted by atomic mass is 16.3. The van der Waals surface area contributed by atoms with Gasteiger partial charge in [0.25, 0.3) is 0 Å². The zero-order chi connectivity index (χ0) is 21.0. The second kappa shape index (κ2) is 6.38. The number of hydrogen-bond donors (Lipinski definition) is 4. The first kappa shape index (κ1) is 18.6. The number of carbonyl (C=O) groups excluding carboxylic acids is 2. The molecule has 1 aliphatic carbocycles. The minimum absolute atomic E-state index is 0.0391. The number of fused-ring (bicyclic) bond motifs is 2. The average molecular weight is 389 g/mol. The molecule has 0 aromatic heterocycles. The molecule has 0 saturated carbocycles. The predicted octanol–water partition coefficient (Wildman–Crippen LogP) is 4.25. The van der Waals surface area contributed by atoms with Crippen molar-refractivity contribution < 1.29 is 24.9 Å². The van der Waals surface area contributed by atoms with E-state index >= 15 is 0 Å². The first-order valence-electron chi connectivity index (χ1n) is 9.06. The Labute approximate surface area is 167 Å². The van der Waals surface area contributed by atoms with E-state index < -0.39 is 23.1 Å². The fraction of sp³-hybridized carbons (Fsp3) is 0.130. The highest BCUT2D eigenvalue weighted by molar-refractivity contribution is 6.32. The van der Waals surface area contributed by atoms with E-state index in [1.54, 1.807) is 0 Å². The molecule has 4 rings (SSSR count).